The number of aromatic nitrogens is 1. The fourth-order valence-corrected chi connectivity index (χ4v) is 6.88. The van der Waals surface area contributed by atoms with Crippen LogP contribution in [0.3, 0.4) is 0 Å². The fraction of sp³-hybridized carbons (Fsp3) is 0. The van der Waals surface area contributed by atoms with E-state index in [4.69, 9.17) is 0 Å². The molecule has 8 aromatic carbocycles. The zero-order valence-electron chi connectivity index (χ0n) is 23.5. The van der Waals surface area contributed by atoms with Gasteiger partial charge in [0.25, 0.3) is 0 Å². The van der Waals surface area contributed by atoms with E-state index in [0.717, 1.165) is 0 Å². The summed E-state index contributed by atoms with van der Waals surface area (Å²) in [5.74, 6) is 0. The monoisotopic (exact) mass is 545 g/mol. The Hall–Kier alpha value is -5.66. The first-order chi connectivity index (χ1) is 21.3. The maximum absolute atomic E-state index is 2.45. The molecule has 9 aromatic rings. The third kappa shape index (κ3) is 3.79. The quantitative estimate of drug-likeness (QED) is 0.195. The average Bonchev–Trinajstić information content (AvgIpc) is 3.41. The van der Waals surface area contributed by atoms with Crippen molar-refractivity contribution in [3.05, 3.63) is 164 Å². The highest BCUT2D eigenvalue weighted by molar-refractivity contribution is 6.15. The maximum atomic E-state index is 2.45. The smallest absolute Gasteiger partial charge is 0.0546 e. The van der Waals surface area contributed by atoms with Crippen molar-refractivity contribution in [1.29, 1.82) is 0 Å². The van der Waals surface area contributed by atoms with E-state index >= 15 is 0 Å². The lowest BCUT2D eigenvalue weighted by Gasteiger charge is -2.14. The third-order valence-corrected chi connectivity index (χ3v) is 8.94. The lowest BCUT2D eigenvalue weighted by molar-refractivity contribution is 1.20. The molecule has 0 fully saturated rings. The lowest BCUT2D eigenvalue weighted by Crippen LogP contribution is -1.96. The minimum atomic E-state index is 1.21. The standard InChI is InChI=1S/C42H27N/c1-2-11-29-24-32(21-20-28(29)10-1)30-13-9-14-31(25-30)33-22-23-41-39(26-33)38-18-7-8-19-40(38)43(41)42-27-34-12-3-4-15-35(34)36-16-5-6-17-37(36)42/h1-27H. The van der Waals surface area contributed by atoms with Gasteiger partial charge in [-0.25, -0.2) is 0 Å². The van der Waals surface area contributed by atoms with E-state index in [1.54, 1.807) is 0 Å². The van der Waals surface area contributed by atoms with Crippen molar-refractivity contribution in [3.63, 3.8) is 0 Å². The Bertz CT molecular complexity index is 2510. The molecule has 1 nitrogen and oxygen atoms in total. The van der Waals surface area contributed by atoms with E-state index in [1.807, 2.05) is 0 Å². The molecule has 0 spiro atoms. The molecule has 0 aliphatic carbocycles. The van der Waals surface area contributed by atoms with Crippen molar-refractivity contribution in [2.45, 2.75) is 0 Å². The van der Waals surface area contributed by atoms with Gasteiger partial charge in [-0.05, 0) is 85.6 Å². The van der Waals surface area contributed by atoms with Gasteiger partial charge in [-0.15, -0.1) is 0 Å². The number of benzene rings is 8. The fourth-order valence-electron chi connectivity index (χ4n) is 6.88. The van der Waals surface area contributed by atoms with Gasteiger partial charge in [0, 0.05) is 16.2 Å². The molecule has 1 heterocycles. The van der Waals surface area contributed by atoms with Gasteiger partial charge in [-0.3, -0.25) is 0 Å². The van der Waals surface area contributed by atoms with Gasteiger partial charge >= 0.3 is 0 Å². The lowest BCUT2D eigenvalue weighted by atomic mass is 9.96. The number of para-hydroxylation sites is 1. The molecule has 0 unspecified atom stereocenters. The molecule has 43 heavy (non-hydrogen) atoms. The summed E-state index contributed by atoms with van der Waals surface area (Å²) >= 11 is 0. The van der Waals surface area contributed by atoms with Crippen molar-refractivity contribution < 1.29 is 0 Å². The largest absolute Gasteiger partial charge is 0.309 e. The summed E-state index contributed by atoms with van der Waals surface area (Å²) in [7, 11) is 0. The van der Waals surface area contributed by atoms with E-state index in [-0.39, 0.29) is 0 Å². The molecule has 0 radical (unpaired) electrons. The molecule has 0 saturated carbocycles. The zero-order chi connectivity index (χ0) is 28.3. The maximum Gasteiger partial charge on any atom is 0.0546 e. The summed E-state index contributed by atoms with van der Waals surface area (Å²) in [5.41, 5.74) is 8.57. The van der Waals surface area contributed by atoms with Crippen LogP contribution in [-0.2, 0) is 0 Å². The second kappa shape index (κ2) is 9.44. The van der Waals surface area contributed by atoms with Crippen molar-refractivity contribution in [1.82, 2.24) is 4.57 Å². The van der Waals surface area contributed by atoms with Crippen molar-refractivity contribution >= 4 is 54.1 Å². The van der Waals surface area contributed by atoms with Crippen LogP contribution in [0, 0.1) is 0 Å². The minimum absolute atomic E-state index is 1.21. The van der Waals surface area contributed by atoms with Crippen LogP contribution in [0.2, 0.25) is 0 Å². The van der Waals surface area contributed by atoms with Crippen LogP contribution in [0.15, 0.2) is 164 Å². The summed E-state index contributed by atoms with van der Waals surface area (Å²) in [6.45, 7) is 0. The summed E-state index contributed by atoms with van der Waals surface area (Å²) in [4.78, 5) is 0. The topological polar surface area (TPSA) is 4.93 Å². The van der Waals surface area contributed by atoms with E-state index < -0.39 is 0 Å². The minimum Gasteiger partial charge on any atom is -0.309 e. The Morgan fingerprint density at radius 3 is 1.70 bits per heavy atom. The summed E-state index contributed by atoms with van der Waals surface area (Å²) in [6.07, 6.45) is 0. The Morgan fingerprint density at radius 1 is 0.279 bits per heavy atom. The second-order valence-electron chi connectivity index (χ2n) is 11.4. The molecular formula is C42H27N. The number of hydrogen-bond acceptors (Lipinski definition) is 0. The van der Waals surface area contributed by atoms with Crippen LogP contribution in [0.5, 0.6) is 0 Å². The van der Waals surface area contributed by atoms with Crippen LogP contribution in [0.4, 0.5) is 0 Å². The SMILES string of the molecule is c1cc(-c2ccc3ccccc3c2)cc(-c2ccc3c(c2)c2ccccc2n3-c2cc3ccccc3c3ccccc23)c1. The molecule has 1 aromatic heterocycles. The van der Waals surface area contributed by atoms with Gasteiger partial charge < -0.3 is 4.57 Å². The Kier molecular flexibility index (Phi) is 5.27. The van der Waals surface area contributed by atoms with Crippen LogP contribution in [-0.4, -0.2) is 4.57 Å². The number of nitrogens with zero attached hydrogens (tertiary/aromatic N) is 1. The Balaban J connectivity index is 1.25. The molecule has 0 N–H and O–H groups in total. The highest BCUT2D eigenvalue weighted by Crippen LogP contribution is 2.39. The summed E-state index contributed by atoms with van der Waals surface area (Å²) in [6, 6.07) is 59.8. The number of fused-ring (bicyclic) bond motifs is 7. The summed E-state index contributed by atoms with van der Waals surface area (Å²) in [5, 5.41) is 10.1. The molecular weight excluding hydrogens is 518 g/mol. The summed E-state index contributed by atoms with van der Waals surface area (Å²) < 4.78 is 2.45. The van der Waals surface area contributed by atoms with Gasteiger partial charge in [0.2, 0.25) is 0 Å². The van der Waals surface area contributed by atoms with Crippen molar-refractivity contribution in [3.8, 4) is 27.9 Å². The average molecular weight is 546 g/mol. The highest BCUT2D eigenvalue weighted by atomic mass is 15.0. The predicted molar refractivity (Wildman–Crippen MR) is 184 cm³/mol. The van der Waals surface area contributed by atoms with Crippen LogP contribution >= 0.6 is 0 Å². The van der Waals surface area contributed by atoms with E-state index in [1.165, 1.54) is 82.1 Å². The van der Waals surface area contributed by atoms with Gasteiger partial charge in [0.05, 0.1) is 16.7 Å². The first kappa shape index (κ1) is 24.0. The predicted octanol–water partition coefficient (Wildman–Crippen LogP) is 11.6. The van der Waals surface area contributed by atoms with Crippen LogP contribution in [0.1, 0.15) is 0 Å². The molecule has 200 valence electrons. The molecule has 0 amide bonds. The van der Waals surface area contributed by atoms with Crippen LogP contribution < -0.4 is 0 Å². The molecule has 9 rings (SSSR count). The van der Waals surface area contributed by atoms with E-state index in [2.05, 4.69) is 168 Å². The van der Waals surface area contributed by atoms with Gasteiger partial charge in [0.15, 0.2) is 0 Å². The molecule has 0 bridgehead atoms. The molecule has 0 aliphatic rings. The van der Waals surface area contributed by atoms with E-state index in [0.29, 0.717) is 0 Å². The van der Waals surface area contributed by atoms with Crippen molar-refractivity contribution in [2.75, 3.05) is 0 Å². The van der Waals surface area contributed by atoms with E-state index in [9.17, 15) is 0 Å². The van der Waals surface area contributed by atoms with Gasteiger partial charge in [-0.2, -0.15) is 0 Å². The first-order valence-corrected chi connectivity index (χ1v) is 14.9. The van der Waals surface area contributed by atoms with Gasteiger partial charge in [-0.1, -0.05) is 127 Å². The number of rotatable bonds is 3. The third-order valence-electron chi connectivity index (χ3n) is 8.94. The van der Waals surface area contributed by atoms with Gasteiger partial charge in [0.1, 0.15) is 0 Å². The molecule has 0 atom stereocenters. The normalized spacial score (nSPS) is 11.7. The first-order valence-electron chi connectivity index (χ1n) is 14.9. The second-order valence-corrected chi connectivity index (χ2v) is 11.4. The molecule has 1 heteroatoms. The van der Waals surface area contributed by atoms with Crippen molar-refractivity contribution in [2.24, 2.45) is 0 Å². The highest BCUT2D eigenvalue weighted by Gasteiger charge is 2.16. The molecule has 0 saturated heterocycles. The van der Waals surface area contributed by atoms with Crippen LogP contribution in [0.25, 0.3) is 82.1 Å². The number of hydrogen-bond donors (Lipinski definition) is 0. The Labute approximate surface area is 249 Å². The molecule has 0 aliphatic heterocycles. The zero-order valence-corrected chi connectivity index (χ0v) is 23.5. The Morgan fingerprint density at radius 2 is 0.860 bits per heavy atom.